The van der Waals surface area contributed by atoms with E-state index in [1.54, 1.807) is 0 Å². The molecule has 0 bridgehead atoms. The molecule has 0 saturated heterocycles. The summed E-state index contributed by atoms with van der Waals surface area (Å²) < 4.78 is 0. The van der Waals surface area contributed by atoms with Gasteiger partial charge in [-0.05, 0) is 52.6 Å². The third-order valence-corrected chi connectivity index (χ3v) is 3.87. The highest BCUT2D eigenvalue weighted by molar-refractivity contribution is 5.02. The molecule has 0 aromatic heterocycles. The summed E-state index contributed by atoms with van der Waals surface area (Å²) in [5.41, 5.74) is -0.0700. The van der Waals surface area contributed by atoms with Crippen molar-refractivity contribution in [3.8, 4) is 0 Å². The average Bonchev–Trinajstić information content (AvgIpc) is 3.08. The Bertz CT molecular complexity index is 198. The second kappa shape index (κ2) is 5.99. The van der Waals surface area contributed by atoms with Gasteiger partial charge in [-0.25, -0.2) is 0 Å². The SMILES string of the molecule is CCCN(CC(CO)(NC)C1CC1)C(C)C. The van der Waals surface area contributed by atoms with E-state index in [0.717, 1.165) is 13.1 Å². The van der Waals surface area contributed by atoms with E-state index in [2.05, 4.69) is 31.0 Å². The molecule has 1 aliphatic carbocycles. The van der Waals surface area contributed by atoms with E-state index in [0.29, 0.717) is 12.0 Å². The van der Waals surface area contributed by atoms with E-state index in [9.17, 15) is 5.11 Å². The van der Waals surface area contributed by atoms with Crippen molar-refractivity contribution in [2.24, 2.45) is 5.92 Å². The summed E-state index contributed by atoms with van der Waals surface area (Å²) in [6.45, 7) is 9.03. The fourth-order valence-corrected chi connectivity index (χ4v) is 2.48. The first-order chi connectivity index (χ1) is 7.59. The lowest BCUT2D eigenvalue weighted by atomic mass is 9.93. The monoisotopic (exact) mass is 228 g/mol. The molecule has 1 saturated carbocycles. The Hall–Kier alpha value is -0.120. The Morgan fingerprint density at radius 1 is 1.44 bits per heavy atom. The number of nitrogens with zero attached hydrogens (tertiary/aromatic N) is 1. The zero-order valence-corrected chi connectivity index (χ0v) is 11.3. The Labute approximate surface area is 100 Å². The topological polar surface area (TPSA) is 35.5 Å². The van der Waals surface area contributed by atoms with Gasteiger partial charge in [0, 0.05) is 12.6 Å². The molecule has 0 spiro atoms. The van der Waals surface area contributed by atoms with Crippen LogP contribution in [0.1, 0.15) is 40.0 Å². The Morgan fingerprint density at radius 3 is 2.38 bits per heavy atom. The van der Waals surface area contributed by atoms with Gasteiger partial charge in [0.05, 0.1) is 12.1 Å². The Balaban J connectivity index is 2.64. The molecular weight excluding hydrogens is 200 g/mol. The van der Waals surface area contributed by atoms with Crippen LogP contribution < -0.4 is 5.32 Å². The van der Waals surface area contributed by atoms with Gasteiger partial charge in [0.1, 0.15) is 0 Å². The molecule has 0 amide bonds. The molecule has 3 nitrogen and oxygen atoms in total. The van der Waals surface area contributed by atoms with Crippen molar-refractivity contribution < 1.29 is 5.11 Å². The fraction of sp³-hybridized carbons (Fsp3) is 1.00. The normalized spacial score (nSPS) is 20.4. The van der Waals surface area contributed by atoms with Gasteiger partial charge in [-0.2, -0.15) is 0 Å². The van der Waals surface area contributed by atoms with Crippen LogP contribution in [0.15, 0.2) is 0 Å². The van der Waals surface area contributed by atoms with Crippen molar-refractivity contribution in [3.63, 3.8) is 0 Å². The van der Waals surface area contributed by atoms with E-state index >= 15 is 0 Å². The van der Waals surface area contributed by atoms with Crippen LogP contribution >= 0.6 is 0 Å². The summed E-state index contributed by atoms with van der Waals surface area (Å²) in [5.74, 6) is 0.667. The van der Waals surface area contributed by atoms with Gasteiger partial charge in [0.25, 0.3) is 0 Å². The van der Waals surface area contributed by atoms with Gasteiger partial charge < -0.3 is 10.4 Å². The standard InChI is InChI=1S/C13H28N2O/c1-5-8-15(11(2)3)9-13(10-16,14-4)12-6-7-12/h11-12,14,16H,5-10H2,1-4H3. The molecule has 16 heavy (non-hydrogen) atoms. The second-order valence-electron chi connectivity index (χ2n) is 5.40. The van der Waals surface area contributed by atoms with Crippen LogP contribution in [-0.4, -0.2) is 48.3 Å². The molecule has 0 radical (unpaired) electrons. The van der Waals surface area contributed by atoms with Gasteiger partial charge >= 0.3 is 0 Å². The van der Waals surface area contributed by atoms with Crippen LogP contribution in [0, 0.1) is 5.92 Å². The summed E-state index contributed by atoms with van der Waals surface area (Å²) >= 11 is 0. The van der Waals surface area contributed by atoms with Gasteiger partial charge in [-0.15, -0.1) is 0 Å². The number of rotatable bonds is 8. The van der Waals surface area contributed by atoms with Crippen molar-refractivity contribution >= 4 is 0 Å². The predicted octanol–water partition coefficient (Wildman–Crippen LogP) is 1.47. The maximum atomic E-state index is 9.70. The maximum absolute atomic E-state index is 9.70. The molecular formula is C13H28N2O. The van der Waals surface area contributed by atoms with Gasteiger partial charge in [0.2, 0.25) is 0 Å². The summed E-state index contributed by atoms with van der Waals surface area (Å²) in [4.78, 5) is 2.48. The van der Waals surface area contributed by atoms with Crippen LogP contribution in [0.2, 0.25) is 0 Å². The summed E-state index contributed by atoms with van der Waals surface area (Å²) in [5, 5.41) is 13.1. The number of aliphatic hydroxyl groups excluding tert-OH is 1. The molecule has 3 heteroatoms. The minimum absolute atomic E-state index is 0.0700. The lowest BCUT2D eigenvalue weighted by Gasteiger charge is -2.39. The van der Waals surface area contributed by atoms with Crippen molar-refractivity contribution in [1.29, 1.82) is 0 Å². The van der Waals surface area contributed by atoms with Crippen molar-refractivity contribution in [2.75, 3.05) is 26.7 Å². The van der Waals surface area contributed by atoms with Crippen LogP contribution in [0.25, 0.3) is 0 Å². The molecule has 0 heterocycles. The smallest absolute Gasteiger partial charge is 0.0628 e. The van der Waals surface area contributed by atoms with E-state index in [1.165, 1.54) is 19.3 Å². The largest absolute Gasteiger partial charge is 0.394 e. The first-order valence-corrected chi connectivity index (χ1v) is 6.63. The van der Waals surface area contributed by atoms with E-state index in [1.807, 2.05) is 7.05 Å². The lowest BCUT2D eigenvalue weighted by molar-refractivity contribution is 0.0822. The van der Waals surface area contributed by atoms with E-state index < -0.39 is 0 Å². The molecule has 0 aromatic rings. The van der Waals surface area contributed by atoms with Gasteiger partial charge in [-0.1, -0.05) is 6.92 Å². The summed E-state index contributed by atoms with van der Waals surface area (Å²) in [6, 6.07) is 0.554. The Morgan fingerprint density at radius 2 is 2.06 bits per heavy atom. The molecule has 96 valence electrons. The first-order valence-electron chi connectivity index (χ1n) is 6.63. The van der Waals surface area contributed by atoms with Crippen molar-refractivity contribution in [1.82, 2.24) is 10.2 Å². The van der Waals surface area contributed by atoms with Crippen molar-refractivity contribution in [2.45, 2.75) is 51.6 Å². The lowest BCUT2D eigenvalue weighted by Crippen LogP contribution is -2.57. The minimum Gasteiger partial charge on any atom is -0.394 e. The molecule has 1 rings (SSSR count). The zero-order valence-electron chi connectivity index (χ0n) is 11.3. The minimum atomic E-state index is -0.0700. The molecule has 1 unspecified atom stereocenters. The molecule has 1 aliphatic rings. The molecule has 2 N–H and O–H groups in total. The first kappa shape index (κ1) is 13.9. The second-order valence-corrected chi connectivity index (χ2v) is 5.40. The van der Waals surface area contributed by atoms with E-state index in [4.69, 9.17) is 0 Å². The predicted molar refractivity (Wildman–Crippen MR) is 68.6 cm³/mol. The highest BCUT2D eigenvalue weighted by atomic mass is 16.3. The Kier molecular flexibility index (Phi) is 5.22. The number of nitrogens with one attached hydrogen (secondary N) is 1. The van der Waals surface area contributed by atoms with Crippen LogP contribution in [0.4, 0.5) is 0 Å². The highest BCUT2D eigenvalue weighted by Gasteiger charge is 2.44. The van der Waals surface area contributed by atoms with Crippen LogP contribution in [0.5, 0.6) is 0 Å². The molecule has 1 atom stereocenters. The number of aliphatic hydroxyl groups is 1. The third kappa shape index (κ3) is 3.19. The van der Waals surface area contributed by atoms with Crippen LogP contribution in [-0.2, 0) is 0 Å². The van der Waals surface area contributed by atoms with Crippen molar-refractivity contribution in [3.05, 3.63) is 0 Å². The molecule has 0 aliphatic heterocycles. The summed E-state index contributed by atoms with van der Waals surface area (Å²) in [6.07, 6.45) is 3.70. The fourth-order valence-electron chi connectivity index (χ4n) is 2.48. The van der Waals surface area contributed by atoms with E-state index in [-0.39, 0.29) is 12.1 Å². The molecule has 0 aromatic carbocycles. The molecule has 1 fully saturated rings. The van der Waals surface area contributed by atoms with Gasteiger partial charge in [-0.3, -0.25) is 4.90 Å². The quantitative estimate of drug-likeness (QED) is 0.660. The third-order valence-electron chi connectivity index (χ3n) is 3.87. The van der Waals surface area contributed by atoms with Gasteiger partial charge in [0.15, 0.2) is 0 Å². The maximum Gasteiger partial charge on any atom is 0.0628 e. The number of likely N-dealkylation sites (N-methyl/N-ethyl adjacent to an activating group) is 1. The number of hydrogen-bond acceptors (Lipinski definition) is 3. The highest BCUT2D eigenvalue weighted by Crippen LogP contribution is 2.40. The van der Waals surface area contributed by atoms with Crippen LogP contribution in [0.3, 0.4) is 0 Å². The summed E-state index contributed by atoms with van der Waals surface area (Å²) in [7, 11) is 1.99. The average molecular weight is 228 g/mol. The zero-order chi connectivity index (χ0) is 12.2. The number of hydrogen-bond donors (Lipinski definition) is 2.